The van der Waals surface area contributed by atoms with Crippen LogP contribution in [-0.4, -0.2) is 12.3 Å². The highest BCUT2D eigenvalue weighted by Crippen LogP contribution is 2.10. The fourth-order valence-corrected chi connectivity index (χ4v) is 1.78. The number of allylic oxidation sites excluding steroid dienone is 1. The number of rotatable bonds is 8. The van der Waals surface area contributed by atoms with E-state index in [9.17, 15) is 4.79 Å². The third-order valence-corrected chi connectivity index (χ3v) is 2.86. The van der Waals surface area contributed by atoms with Crippen molar-refractivity contribution in [2.45, 2.75) is 52.1 Å². The summed E-state index contributed by atoms with van der Waals surface area (Å²) in [7, 11) is 0. The van der Waals surface area contributed by atoms with E-state index in [2.05, 4.69) is 13.0 Å². The molecule has 0 saturated heterocycles. The average molecular weight is 276 g/mol. The molecular formula is C17H24O3. The zero-order valence-corrected chi connectivity index (χ0v) is 12.4. The van der Waals surface area contributed by atoms with Crippen molar-refractivity contribution in [3.05, 3.63) is 42.5 Å². The lowest BCUT2D eigenvalue weighted by Gasteiger charge is -2.09. The molecule has 1 atom stereocenters. The van der Waals surface area contributed by atoms with Gasteiger partial charge in [0, 0.05) is 0 Å². The second-order valence-corrected chi connectivity index (χ2v) is 4.77. The van der Waals surface area contributed by atoms with Gasteiger partial charge in [-0.3, -0.25) is 0 Å². The van der Waals surface area contributed by atoms with Crippen LogP contribution < -0.4 is 4.74 Å². The maximum absolute atomic E-state index is 11.5. The molecule has 0 bridgehead atoms. The Hall–Kier alpha value is -1.77. The van der Waals surface area contributed by atoms with Crippen LogP contribution in [0.25, 0.3) is 0 Å². The van der Waals surface area contributed by atoms with Crippen LogP contribution in [0.5, 0.6) is 5.75 Å². The van der Waals surface area contributed by atoms with E-state index in [1.807, 2.05) is 31.2 Å². The second-order valence-electron chi connectivity index (χ2n) is 4.77. The van der Waals surface area contributed by atoms with Crippen molar-refractivity contribution in [1.82, 2.24) is 0 Å². The van der Waals surface area contributed by atoms with E-state index in [0.29, 0.717) is 5.75 Å². The van der Waals surface area contributed by atoms with E-state index >= 15 is 0 Å². The van der Waals surface area contributed by atoms with Crippen molar-refractivity contribution in [3.63, 3.8) is 0 Å². The average Bonchev–Trinajstić information content (AvgIpc) is 2.43. The molecule has 0 aliphatic heterocycles. The van der Waals surface area contributed by atoms with Crippen molar-refractivity contribution >= 4 is 6.16 Å². The van der Waals surface area contributed by atoms with Crippen LogP contribution >= 0.6 is 0 Å². The van der Waals surface area contributed by atoms with E-state index in [1.54, 1.807) is 12.1 Å². The third kappa shape index (κ3) is 7.62. The van der Waals surface area contributed by atoms with Gasteiger partial charge in [-0.25, -0.2) is 4.79 Å². The number of hydrogen-bond donors (Lipinski definition) is 0. The van der Waals surface area contributed by atoms with Gasteiger partial charge in [0.05, 0.1) is 0 Å². The molecule has 0 aliphatic carbocycles. The van der Waals surface area contributed by atoms with Gasteiger partial charge in [-0.05, 0) is 38.0 Å². The number of carbonyl (C=O) groups is 1. The van der Waals surface area contributed by atoms with Gasteiger partial charge < -0.3 is 9.47 Å². The van der Waals surface area contributed by atoms with Gasteiger partial charge in [-0.2, -0.15) is 0 Å². The standard InChI is InChI=1S/C17H24O3/c1-3-4-5-6-7-9-12-15(2)19-17(18)20-16-13-10-8-11-14-16/h8-15H,3-7H2,1-2H3/b12-9+. The topological polar surface area (TPSA) is 35.5 Å². The van der Waals surface area contributed by atoms with Crippen LogP contribution in [0, 0.1) is 0 Å². The van der Waals surface area contributed by atoms with Crippen LogP contribution in [0.2, 0.25) is 0 Å². The van der Waals surface area contributed by atoms with Crippen molar-refractivity contribution < 1.29 is 14.3 Å². The maximum Gasteiger partial charge on any atom is 0.514 e. The normalized spacial score (nSPS) is 12.3. The SMILES string of the molecule is CCCCCC/C=C/C(C)OC(=O)Oc1ccccc1. The fourth-order valence-electron chi connectivity index (χ4n) is 1.78. The summed E-state index contributed by atoms with van der Waals surface area (Å²) in [5, 5.41) is 0. The zero-order chi connectivity index (χ0) is 14.6. The molecule has 0 heterocycles. The molecule has 3 nitrogen and oxygen atoms in total. The van der Waals surface area contributed by atoms with Crippen LogP contribution in [0.3, 0.4) is 0 Å². The summed E-state index contributed by atoms with van der Waals surface area (Å²) < 4.78 is 10.2. The summed E-state index contributed by atoms with van der Waals surface area (Å²) in [6.07, 6.45) is 9.03. The fraction of sp³-hybridized carbons (Fsp3) is 0.471. The first-order valence-electron chi connectivity index (χ1n) is 7.32. The van der Waals surface area contributed by atoms with E-state index in [0.717, 1.165) is 6.42 Å². The molecule has 0 radical (unpaired) electrons. The minimum Gasteiger partial charge on any atom is -0.427 e. The summed E-state index contributed by atoms with van der Waals surface area (Å²) in [6.45, 7) is 4.03. The number of hydrogen-bond acceptors (Lipinski definition) is 3. The molecule has 0 aliphatic rings. The van der Waals surface area contributed by atoms with Crippen LogP contribution in [0.4, 0.5) is 4.79 Å². The van der Waals surface area contributed by atoms with Crippen LogP contribution in [-0.2, 0) is 4.74 Å². The first-order valence-corrected chi connectivity index (χ1v) is 7.32. The monoisotopic (exact) mass is 276 g/mol. The molecule has 0 fully saturated rings. The highest BCUT2D eigenvalue weighted by atomic mass is 16.7. The Labute approximate surface area is 121 Å². The first kappa shape index (κ1) is 16.3. The van der Waals surface area contributed by atoms with Gasteiger partial charge in [0.15, 0.2) is 0 Å². The van der Waals surface area contributed by atoms with Gasteiger partial charge in [0.25, 0.3) is 0 Å². The van der Waals surface area contributed by atoms with E-state index < -0.39 is 6.16 Å². The van der Waals surface area contributed by atoms with Crippen molar-refractivity contribution in [3.8, 4) is 5.75 Å². The van der Waals surface area contributed by atoms with Gasteiger partial charge in [0.2, 0.25) is 0 Å². The molecule has 0 aromatic heterocycles. The highest BCUT2D eigenvalue weighted by Gasteiger charge is 2.08. The Morgan fingerprint density at radius 2 is 1.95 bits per heavy atom. The number of ether oxygens (including phenoxy) is 2. The minimum absolute atomic E-state index is 0.266. The molecule has 0 amide bonds. The van der Waals surface area contributed by atoms with Gasteiger partial charge in [0.1, 0.15) is 11.9 Å². The molecule has 3 heteroatoms. The largest absolute Gasteiger partial charge is 0.514 e. The summed E-state index contributed by atoms with van der Waals surface area (Å²) in [5.41, 5.74) is 0. The number of unbranched alkanes of at least 4 members (excludes halogenated alkanes) is 4. The zero-order valence-electron chi connectivity index (χ0n) is 12.4. The smallest absolute Gasteiger partial charge is 0.427 e. The Bertz CT molecular complexity index is 398. The molecule has 1 unspecified atom stereocenters. The summed E-state index contributed by atoms with van der Waals surface area (Å²) in [6, 6.07) is 8.91. The highest BCUT2D eigenvalue weighted by molar-refractivity contribution is 5.64. The second kappa shape index (κ2) is 10.1. The lowest BCUT2D eigenvalue weighted by Crippen LogP contribution is -2.16. The number of benzene rings is 1. The molecule has 1 aromatic carbocycles. The Morgan fingerprint density at radius 1 is 1.20 bits per heavy atom. The molecular weight excluding hydrogens is 252 g/mol. The van der Waals surface area contributed by atoms with E-state index in [4.69, 9.17) is 9.47 Å². The molecule has 110 valence electrons. The Balaban J connectivity index is 2.19. The Morgan fingerprint density at radius 3 is 2.65 bits per heavy atom. The quantitative estimate of drug-likeness (QED) is 0.286. The van der Waals surface area contributed by atoms with E-state index in [-0.39, 0.29) is 6.10 Å². The molecule has 0 spiro atoms. The predicted octanol–water partition coefficient (Wildman–Crippen LogP) is 5.12. The maximum atomic E-state index is 11.5. The van der Waals surface area contributed by atoms with Crippen LogP contribution in [0.15, 0.2) is 42.5 Å². The van der Waals surface area contributed by atoms with Gasteiger partial charge >= 0.3 is 6.16 Å². The molecule has 0 N–H and O–H groups in total. The third-order valence-electron chi connectivity index (χ3n) is 2.86. The molecule has 1 rings (SSSR count). The van der Waals surface area contributed by atoms with Gasteiger partial charge in [-0.1, -0.05) is 50.5 Å². The summed E-state index contributed by atoms with van der Waals surface area (Å²) >= 11 is 0. The van der Waals surface area contributed by atoms with Gasteiger partial charge in [-0.15, -0.1) is 0 Å². The molecule has 0 saturated carbocycles. The number of carbonyl (C=O) groups excluding carboxylic acids is 1. The molecule has 20 heavy (non-hydrogen) atoms. The summed E-state index contributed by atoms with van der Waals surface area (Å²) in [5.74, 6) is 0.494. The summed E-state index contributed by atoms with van der Waals surface area (Å²) in [4.78, 5) is 11.5. The van der Waals surface area contributed by atoms with Crippen LogP contribution in [0.1, 0.15) is 46.0 Å². The number of para-hydroxylation sites is 1. The molecule has 1 aromatic rings. The first-order chi connectivity index (χ1) is 9.72. The lowest BCUT2D eigenvalue weighted by molar-refractivity contribution is 0.0823. The van der Waals surface area contributed by atoms with Crippen molar-refractivity contribution in [1.29, 1.82) is 0 Å². The predicted molar refractivity (Wildman–Crippen MR) is 80.9 cm³/mol. The van der Waals surface area contributed by atoms with Crippen molar-refractivity contribution in [2.75, 3.05) is 0 Å². The van der Waals surface area contributed by atoms with E-state index in [1.165, 1.54) is 25.7 Å². The Kier molecular flexibility index (Phi) is 8.20. The van der Waals surface area contributed by atoms with Crippen molar-refractivity contribution in [2.24, 2.45) is 0 Å². The lowest BCUT2D eigenvalue weighted by atomic mass is 10.1. The minimum atomic E-state index is -0.667.